The van der Waals surface area contributed by atoms with Crippen LogP contribution in [0.2, 0.25) is 0 Å². The van der Waals surface area contributed by atoms with Crippen LogP contribution in [-0.4, -0.2) is 37.4 Å². The van der Waals surface area contributed by atoms with Crippen LogP contribution in [-0.2, 0) is 4.79 Å². The van der Waals surface area contributed by atoms with Gasteiger partial charge in [-0.1, -0.05) is 71.6 Å². The molecule has 0 saturated heterocycles. The number of carbonyl (C=O) groups is 2. The Morgan fingerprint density at radius 2 is 1.66 bits per heavy atom. The first-order chi connectivity index (χ1) is 18.5. The number of benzene rings is 3. The van der Waals surface area contributed by atoms with E-state index in [1.807, 2.05) is 48.5 Å². The highest BCUT2D eigenvalue weighted by atomic mass is 32.2. The van der Waals surface area contributed by atoms with Crippen LogP contribution in [0.1, 0.15) is 15.9 Å². The van der Waals surface area contributed by atoms with Crippen molar-refractivity contribution in [3.8, 4) is 16.9 Å². The largest absolute Gasteiger partial charge is 0.297 e. The van der Waals surface area contributed by atoms with Crippen LogP contribution in [0.5, 0.6) is 0 Å². The molecule has 188 valence electrons. The first-order valence-electron chi connectivity index (χ1n) is 11.5. The predicted molar refractivity (Wildman–Crippen MR) is 148 cm³/mol. The van der Waals surface area contributed by atoms with Crippen molar-refractivity contribution in [2.45, 2.75) is 4.34 Å². The minimum absolute atomic E-state index is 0.00710. The molecule has 0 saturated carbocycles. The molecule has 0 radical (unpaired) electrons. The van der Waals surface area contributed by atoms with Gasteiger partial charge in [0.25, 0.3) is 0 Å². The molecule has 0 unspecified atom stereocenters. The number of hydrogen-bond donors (Lipinski definition) is 1. The Kier molecular flexibility index (Phi) is 7.81. The number of nitrogens with zero attached hydrogens (tertiary/aromatic N) is 4. The van der Waals surface area contributed by atoms with Crippen LogP contribution in [0.4, 0.5) is 9.52 Å². The number of para-hydroxylation sites is 1. The lowest BCUT2D eigenvalue weighted by Crippen LogP contribution is -2.07. The Balaban J connectivity index is 1.27. The molecular formula is C28H20FN5O2S2. The number of aromatic nitrogens is 4. The molecular weight excluding hydrogens is 521 g/mol. The number of amides is 1. The van der Waals surface area contributed by atoms with Gasteiger partial charge in [-0.15, -0.1) is 10.2 Å². The van der Waals surface area contributed by atoms with Crippen molar-refractivity contribution in [2.75, 3.05) is 11.1 Å². The van der Waals surface area contributed by atoms with Gasteiger partial charge in [-0.3, -0.25) is 14.9 Å². The minimum Gasteiger partial charge on any atom is -0.297 e. The van der Waals surface area contributed by atoms with Crippen LogP contribution in [0.3, 0.4) is 0 Å². The summed E-state index contributed by atoms with van der Waals surface area (Å²) in [5.74, 6) is -0.515. The van der Waals surface area contributed by atoms with Crippen LogP contribution in [0, 0.1) is 5.82 Å². The highest BCUT2D eigenvalue weighted by molar-refractivity contribution is 8.01. The molecule has 5 aromatic rings. The average Bonchev–Trinajstić information content (AvgIpc) is 3.59. The van der Waals surface area contributed by atoms with E-state index in [9.17, 15) is 14.0 Å². The van der Waals surface area contributed by atoms with Crippen molar-refractivity contribution in [3.05, 3.63) is 114 Å². The highest BCUT2D eigenvalue weighted by Gasteiger charge is 2.13. The van der Waals surface area contributed by atoms with Crippen molar-refractivity contribution >= 4 is 46.0 Å². The number of ketones is 1. The lowest BCUT2D eigenvalue weighted by Gasteiger charge is -2.00. The van der Waals surface area contributed by atoms with Gasteiger partial charge in [0.1, 0.15) is 5.82 Å². The molecule has 0 spiro atoms. The van der Waals surface area contributed by atoms with Crippen molar-refractivity contribution in [3.63, 3.8) is 0 Å². The summed E-state index contributed by atoms with van der Waals surface area (Å²) in [6.45, 7) is 0. The van der Waals surface area contributed by atoms with Crippen LogP contribution in [0.15, 0.2) is 102 Å². The minimum atomic E-state index is -0.393. The maximum atomic E-state index is 13.5. The summed E-state index contributed by atoms with van der Waals surface area (Å²) in [4.78, 5) is 24.9. The smallest absolute Gasteiger partial charge is 0.250 e. The first-order valence-corrected chi connectivity index (χ1v) is 13.3. The Labute approximate surface area is 226 Å². The fourth-order valence-corrected chi connectivity index (χ4v) is 5.17. The first kappa shape index (κ1) is 25.2. The van der Waals surface area contributed by atoms with Crippen molar-refractivity contribution in [2.24, 2.45) is 0 Å². The Morgan fingerprint density at radius 1 is 0.947 bits per heavy atom. The van der Waals surface area contributed by atoms with Gasteiger partial charge in [0, 0.05) is 29.0 Å². The summed E-state index contributed by atoms with van der Waals surface area (Å²) in [6, 6.07) is 24.6. The SMILES string of the molecule is O=C(/C=C/c1cn(-c2ccccc2)nc1-c1ccc(F)cc1)Nc1nnc(SCC(=O)c2ccccc2)s1. The van der Waals surface area contributed by atoms with Crippen molar-refractivity contribution in [1.82, 2.24) is 20.0 Å². The molecule has 7 nitrogen and oxygen atoms in total. The number of carbonyl (C=O) groups excluding carboxylic acids is 2. The normalized spacial score (nSPS) is 11.1. The monoisotopic (exact) mass is 541 g/mol. The topological polar surface area (TPSA) is 89.8 Å². The highest BCUT2D eigenvalue weighted by Crippen LogP contribution is 2.27. The molecule has 1 N–H and O–H groups in total. The summed E-state index contributed by atoms with van der Waals surface area (Å²) < 4.78 is 15.8. The zero-order valence-corrected chi connectivity index (χ0v) is 21.5. The van der Waals surface area contributed by atoms with Gasteiger partial charge in [-0.25, -0.2) is 9.07 Å². The van der Waals surface area contributed by atoms with E-state index in [-0.39, 0.29) is 17.4 Å². The van der Waals surface area contributed by atoms with E-state index >= 15 is 0 Å². The fraction of sp³-hybridized carbons (Fsp3) is 0.0357. The van der Waals surface area contributed by atoms with E-state index < -0.39 is 5.91 Å². The average molecular weight is 542 g/mol. The van der Waals surface area contributed by atoms with Crippen LogP contribution < -0.4 is 5.32 Å². The third kappa shape index (κ3) is 6.28. The molecule has 2 heterocycles. The predicted octanol–water partition coefficient (Wildman–Crippen LogP) is 6.16. The summed E-state index contributed by atoms with van der Waals surface area (Å²) in [6.07, 6.45) is 4.84. The second kappa shape index (κ2) is 11.8. The molecule has 0 aliphatic heterocycles. The van der Waals surface area contributed by atoms with E-state index in [0.29, 0.717) is 26.3 Å². The number of halogens is 1. The van der Waals surface area contributed by atoms with E-state index in [4.69, 9.17) is 0 Å². The molecule has 0 aliphatic carbocycles. The molecule has 10 heteroatoms. The van der Waals surface area contributed by atoms with Gasteiger partial charge in [0.05, 0.1) is 17.1 Å². The zero-order valence-electron chi connectivity index (χ0n) is 19.8. The zero-order chi connectivity index (χ0) is 26.3. The molecule has 1 amide bonds. The maximum absolute atomic E-state index is 13.5. The number of anilines is 1. The van der Waals surface area contributed by atoms with Crippen molar-refractivity contribution in [1.29, 1.82) is 0 Å². The molecule has 0 atom stereocenters. The summed E-state index contributed by atoms with van der Waals surface area (Å²) in [5.41, 5.74) is 3.50. The van der Waals surface area contributed by atoms with Gasteiger partial charge in [0.15, 0.2) is 10.1 Å². The maximum Gasteiger partial charge on any atom is 0.250 e. The lowest BCUT2D eigenvalue weighted by atomic mass is 10.1. The van der Waals surface area contributed by atoms with Gasteiger partial charge < -0.3 is 0 Å². The second-order valence-electron chi connectivity index (χ2n) is 7.99. The van der Waals surface area contributed by atoms with Crippen LogP contribution in [0.25, 0.3) is 23.0 Å². The van der Waals surface area contributed by atoms with E-state index in [0.717, 1.165) is 11.3 Å². The van der Waals surface area contributed by atoms with Gasteiger partial charge in [-0.05, 0) is 42.5 Å². The molecule has 2 aromatic heterocycles. The number of thioether (sulfide) groups is 1. The second-order valence-corrected chi connectivity index (χ2v) is 10.2. The molecule has 3 aromatic carbocycles. The Bertz CT molecular complexity index is 1580. The molecule has 5 rings (SSSR count). The number of hydrogen-bond acceptors (Lipinski definition) is 7. The number of rotatable bonds is 9. The summed E-state index contributed by atoms with van der Waals surface area (Å²) in [7, 11) is 0. The molecule has 0 bridgehead atoms. The van der Waals surface area contributed by atoms with Gasteiger partial charge in [0.2, 0.25) is 11.0 Å². The van der Waals surface area contributed by atoms with E-state index in [1.165, 1.54) is 41.3 Å². The Morgan fingerprint density at radius 3 is 2.39 bits per heavy atom. The summed E-state index contributed by atoms with van der Waals surface area (Å²) in [5, 5.41) is 15.7. The quantitative estimate of drug-likeness (QED) is 0.104. The number of Topliss-reactive ketones (excluding diaryl/α,β-unsaturated/α-hetero) is 1. The molecule has 0 aliphatic rings. The Hall–Kier alpha value is -4.41. The molecule has 38 heavy (non-hydrogen) atoms. The standard InChI is InChI=1S/C28H20FN5O2S2/c29-22-14-11-20(12-15-22)26-21(17-34(33-26)23-9-5-2-6-10-23)13-16-25(36)30-27-31-32-28(38-27)37-18-24(35)19-7-3-1-4-8-19/h1-17H,18H2,(H,30,31,36)/b16-13+. The third-order valence-corrected chi connectivity index (χ3v) is 7.33. The van der Waals surface area contributed by atoms with Gasteiger partial charge >= 0.3 is 0 Å². The van der Waals surface area contributed by atoms with E-state index in [1.54, 1.807) is 41.2 Å². The third-order valence-electron chi connectivity index (χ3n) is 5.35. The lowest BCUT2D eigenvalue weighted by molar-refractivity contribution is -0.111. The fourth-order valence-electron chi connectivity index (χ4n) is 3.52. The summed E-state index contributed by atoms with van der Waals surface area (Å²) >= 11 is 2.46. The van der Waals surface area contributed by atoms with Crippen LogP contribution >= 0.6 is 23.1 Å². The van der Waals surface area contributed by atoms with Gasteiger partial charge in [-0.2, -0.15) is 5.10 Å². The molecule has 0 fully saturated rings. The van der Waals surface area contributed by atoms with Crippen molar-refractivity contribution < 1.29 is 14.0 Å². The number of nitrogens with one attached hydrogen (secondary N) is 1. The van der Waals surface area contributed by atoms with E-state index in [2.05, 4.69) is 20.6 Å².